The van der Waals surface area contributed by atoms with Gasteiger partial charge in [0.05, 0.1) is 0 Å². The number of aromatic amines is 1. The van der Waals surface area contributed by atoms with Gasteiger partial charge in [-0.25, -0.2) is 14.4 Å². The normalized spacial score (nSPS) is 14.1. The third-order valence-electron chi connectivity index (χ3n) is 5.99. The van der Waals surface area contributed by atoms with Crippen LogP contribution >= 0.6 is 0 Å². The Morgan fingerprint density at radius 1 is 1.00 bits per heavy atom. The van der Waals surface area contributed by atoms with Gasteiger partial charge in [-0.05, 0) is 30.3 Å². The molecule has 2 aromatic heterocycles. The number of nitrogens with one attached hydrogen (secondary N) is 2. The summed E-state index contributed by atoms with van der Waals surface area (Å²) in [7, 11) is 0. The molecule has 2 N–H and O–H groups in total. The van der Waals surface area contributed by atoms with E-state index in [0.29, 0.717) is 49.2 Å². The van der Waals surface area contributed by atoms with Crippen molar-refractivity contribution in [3.63, 3.8) is 0 Å². The minimum absolute atomic E-state index is 0.00914. The Bertz CT molecular complexity index is 1290. The fraction of sp³-hybridized carbons (Fsp3) is 0.269. The van der Waals surface area contributed by atoms with Crippen molar-refractivity contribution in [1.82, 2.24) is 19.9 Å². The van der Waals surface area contributed by atoms with Gasteiger partial charge in [0.15, 0.2) is 0 Å². The number of para-hydroxylation sites is 1. The molecule has 0 spiro atoms. The summed E-state index contributed by atoms with van der Waals surface area (Å²) in [6, 6.07) is 18.0. The fourth-order valence-corrected chi connectivity index (χ4v) is 4.15. The number of aromatic nitrogens is 3. The third kappa shape index (κ3) is 4.57. The number of fused-ring (bicyclic) bond motifs is 1. The Labute approximate surface area is 197 Å². The van der Waals surface area contributed by atoms with Gasteiger partial charge in [-0.3, -0.25) is 4.79 Å². The second-order valence-corrected chi connectivity index (χ2v) is 8.81. The van der Waals surface area contributed by atoms with Gasteiger partial charge in [0.25, 0.3) is 5.91 Å². The Balaban J connectivity index is 1.31. The zero-order chi connectivity index (χ0) is 23.7. The van der Waals surface area contributed by atoms with Crippen LogP contribution in [0.2, 0.25) is 0 Å². The molecule has 4 aromatic rings. The lowest BCUT2D eigenvalue weighted by Crippen LogP contribution is -2.49. The quantitative estimate of drug-likeness (QED) is 0.444. The molecule has 8 heteroatoms. The minimum atomic E-state index is -0.306. The van der Waals surface area contributed by atoms with Crippen LogP contribution < -0.4 is 10.2 Å². The van der Waals surface area contributed by atoms with Gasteiger partial charge < -0.3 is 20.1 Å². The molecule has 2 aromatic carbocycles. The summed E-state index contributed by atoms with van der Waals surface area (Å²) in [6.45, 7) is 6.62. The number of hydrogen-bond donors (Lipinski definition) is 2. The Morgan fingerprint density at radius 3 is 2.53 bits per heavy atom. The van der Waals surface area contributed by atoms with E-state index in [1.54, 1.807) is 12.1 Å². The predicted molar refractivity (Wildman–Crippen MR) is 132 cm³/mol. The van der Waals surface area contributed by atoms with Gasteiger partial charge >= 0.3 is 0 Å². The van der Waals surface area contributed by atoms with Crippen molar-refractivity contribution < 1.29 is 9.18 Å². The highest BCUT2D eigenvalue weighted by Gasteiger charge is 2.25. The molecule has 0 aliphatic carbocycles. The summed E-state index contributed by atoms with van der Waals surface area (Å²) in [5, 5.41) is 4.23. The summed E-state index contributed by atoms with van der Waals surface area (Å²) >= 11 is 0. The summed E-state index contributed by atoms with van der Waals surface area (Å²) in [4.78, 5) is 29.7. The lowest BCUT2D eigenvalue weighted by Gasteiger charge is -2.35. The number of amides is 1. The third-order valence-corrected chi connectivity index (χ3v) is 5.99. The van der Waals surface area contributed by atoms with Crippen LogP contribution in [-0.4, -0.2) is 51.9 Å². The van der Waals surface area contributed by atoms with E-state index in [9.17, 15) is 9.18 Å². The first-order valence-corrected chi connectivity index (χ1v) is 11.5. The van der Waals surface area contributed by atoms with E-state index in [1.807, 2.05) is 55.1 Å². The molecule has 0 radical (unpaired) electrons. The Morgan fingerprint density at radius 2 is 1.79 bits per heavy atom. The molecule has 1 fully saturated rings. The molecule has 1 aliphatic rings. The van der Waals surface area contributed by atoms with E-state index in [4.69, 9.17) is 4.98 Å². The standard InChI is InChI=1S/C26H27FN6O/c1-17(2)25-30-23(28-20-8-5-7-19(27)15-20)16-24(31-25)32-10-12-33(13-11-32)26(34)22-14-18-6-3-4-9-21(18)29-22/h3-9,14-17,29H,10-13H2,1-2H3,(H,28,30,31). The van der Waals surface area contributed by atoms with Crippen molar-refractivity contribution in [3.05, 3.63) is 78.0 Å². The molecule has 1 saturated heterocycles. The van der Waals surface area contributed by atoms with E-state index in [0.717, 1.165) is 16.7 Å². The number of anilines is 3. The fourth-order valence-electron chi connectivity index (χ4n) is 4.15. The molecule has 5 rings (SSSR count). The number of hydrogen-bond acceptors (Lipinski definition) is 5. The maximum Gasteiger partial charge on any atom is 0.270 e. The number of carbonyl (C=O) groups is 1. The van der Waals surface area contributed by atoms with Crippen LogP contribution in [0.4, 0.5) is 21.7 Å². The van der Waals surface area contributed by atoms with Crippen LogP contribution in [0.5, 0.6) is 0 Å². The van der Waals surface area contributed by atoms with Crippen molar-refractivity contribution >= 4 is 34.1 Å². The summed E-state index contributed by atoms with van der Waals surface area (Å²) < 4.78 is 13.6. The monoisotopic (exact) mass is 458 g/mol. The highest BCUT2D eigenvalue weighted by Crippen LogP contribution is 2.24. The van der Waals surface area contributed by atoms with Gasteiger partial charge in [-0.2, -0.15) is 0 Å². The Hall–Kier alpha value is -3.94. The number of piperazine rings is 1. The molecule has 1 amide bonds. The first-order valence-electron chi connectivity index (χ1n) is 11.5. The number of benzene rings is 2. The predicted octanol–water partition coefficient (Wildman–Crippen LogP) is 4.93. The molecule has 7 nitrogen and oxygen atoms in total. The van der Waals surface area contributed by atoms with Gasteiger partial charge in [-0.1, -0.05) is 38.1 Å². The molecule has 174 valence electrons. The van der Waals surface area contributed by atoms with E-state index >= 15 is 0 Å². The smallest absolute Gasteiger partial charge is 0.270 e. The topological polar surface area (TPSA) is 77.2 Å². The van der Waals surface area contributed by atoms with Crippen molar-refractivity contribution in [2.24, 2.45) is 0 Å². The highest BCUT2D eigenvalue weighted by atomic mass is 19.1. The molecule has 0 bridgehead atoms. The number of halogens is 1. The zero-order valence-electron chi connectivity index (χ0n) is 19.3. The van der Waals surface area contributed by atoms with Crippen molar-refractivity contribution in [2.45, 2.75) is 19.8 Å². The average molecular weight is 459 g/mol. The lowest BCUT2D eigenvalue weighted by molar-refractivity contribution is 0.0741. The second kappa shape index (κ2) is 9.13. The zero-order valence-corrected chi connectivity index (χ0v) is 19.3. The van der Waals surface area contributed by atoms with Crippen LogP contribution in [0.3, 0.4) is 0 Å². The van der Waals surface area contributed by atoms with E-state index in [-0.39, 0.29) is 17.6 Å². The van der Waals surface area contributed by atoms with Gasteiger partial charge in [-0.15, -0.1) is 0 Å². The van der Waals surface area contributed by atoms with E-state index in [1.165, 1.54) is 12.1 Å². The first-order chi connectivity index (χ1) is 16.5. The van der Waals surface area contributed by atoms with Crippen molar-refractivity contribution in [2.75, 3.05) is 36.4 Å². The largest absolute Gasteiger partial charge is 0.353 e. The highest BCUT2D eigenvalue weighted by molar-refractivity contribution is 5.98. The van der Waals surface area contributed by atoms with Crippen LogP contribution in [0.1, 0.15) is 36.1 Å². The van der Waals surface area contributed by atoms with Crippen LogP contribution in [0.25, 0.3) is 10.9 Å². The lowest BCUT2D eigenvalue weighted by atomic mass is 10.2. The first kappa shape index (κ1) is 21.9. The average Bonchev–Trinajstić information content (AvgIpc) is 3.28. The second-order valence-electron chi connectivity index (χ2n) is 8.81. The molecule has 0 unspecified atom stereocenters. The number of nitrogens with zero attached hydrogens (tertiary/aromatic N) is 4. The molecule has 0 saturated carbocycles. The Kier molecular flexibility index (Phi) is 5.88. The SMILES string of the molecule is CC(C)c1nc(Nc2cccc(F)c2)cc(N2CCN(C(=O)c3cc4ccccc4[nH]3)CC2)n1. The van der Waals surface area contributed by atoms with Crippen molar-refractivity contribution in [3.8, 4) is 0 Å². The maximum absolute atomic E-state index is 13.6. The molecule has 34 heavy (non-hydrogen) atoms. The molecule has 1 aliphatic heterocycles. The van der Waals surface area contributed by atoms with E-state index < -0.39 is 0 Å². The molecule has 0 atom stereocenters. The number of rotatable bonds is 5. The van der Waals surface area contributed by atoms with Crippen LogP contribution in [0.15, 0.2) is 60.7 Å². The molecular formula is C26H27FN6O. The number of carbonyl (C=O) groups excluding carboxylic acids is 1. The van der Waals surface area contributed by atoms with Gasteiger partial charge in [0.1, 0.15) is 29.0 Å². The van der Waals surface area contributed by atoms with Crippen LogP contribution in [-0.2, 0) is 0 Å². The summed E-state index contributed by atoms with van der Waals surface area (Å²) in [6.07, 6.45) is 0. The molecular weight excluding hydrogens is 431 g/mol. The minimum Gasteiger partial charge on any atom is -0.353 e. The van der Waals surface area contributed by atoms with Crippen LogP contribution in [0, 0.1) is 5.82 Å². The summed E-state index contributed by atoms with van der Waals surface area (Å²) in [5.41, 5.74) is 2.21. The van der Waals surface area contributed by atoms with Crippen molar-refractivity contribution in [1.29, 1.82) is 0 Å². The molecule has 3 heterocycles. The number of H-pyrrole nitrogens is 1. The van der Waals surface area contributed by atoms with Gasteiger partial charge in [0.2, 0.25) is 0 Å². The maximum atomic E-state index is 13.6. The van der Waals surface area contributed by atoms with Gasteiger partial charge in [0, 0.05) is 54.8 Å². The summed E-state index contributed by atoms with van der Waals surface area (Å²) in [5.74, 6) is 1.98. The van der Waals surface area contributed by atoms with E-state index in [2.05, 4.69) is 20.2 Å².